The molecule has 1 aromatic heterocycles. The van der Waals surface area contributed by atoms with E-state index in [0.717, 1.165) is 30.6 Å². The quantitative estimate of drug-likeness (QED) is 0.703. The summed E-state index contributed by atoms with van der Waals surface area (Å²) < 4.78 is 1.60. The number of para-hydroxylation sites is 1. The van der Waals surface area contributed by atoms with Gasteiger partial charge in [0.05, 0.1) is 16.6 Å². The molecular weight excluding hydrogens is 338 g/mol. The molecule has 3 rings (SSSR count). The van der Waals surface area contributed by atoms with Crippen molar-refractivity contribution in [3.63, 3.8) is 0 Å². The molecular formula is C22H25N3O2. The van der Waals surface area contributed by atoms with E-state index in [9.17, 15) is 9.59 Å². The van der Waals surface area contributed by atoms with E-state index in [1.807, 2.05) is 56.3 Å². The molecule has 1 N–H and O–H groups in total. The predicted molar refractivity (Wildman–Crippen MR) is 109 cm³/mol. The van der Waals surface area contributed by atoms with Crippen LogP contribution in [0.2, 0.25) is 0 Å². The smallest absolute Gasteiger partial charge is 0.265 e. The van der Waals surface area contributed by atoms with Gasteiger partial charge >= 0.3 is 0 Å². The number of aromatic nitrogens is 2. The van der Waals surface area contributed by atoms with Crippen LogP contribution in [-0.2, 0) is 4.79 Å². The van der Waals surface area contributed by atoms with E-state index >= 15 is 0 Å². The number of unbranched alkanes of at least 4 members (excludes halogenated alkanes) is 1. The van der Waals surface area contributed by atoms with Crippen molar-refractivity contribution in [1.82, 2.24) is 9.55 Å². The van der Waals surface area contributed by atoms with Gasteiger partial charge in [0.15, 0.2) is 0 Å². The lowest BCUT2D eigenvalue weighted by Gasteiger charge is -2.13. The highest BCUT2D eigenvalue weighted by Gasteiger charge is 2.13. The molecule has 0 aliphatic heterocycles. The SMILES string of the molecule is CCCC[C@H](C)C(=O)Nc1ccc(-n2c(C)nc3ccccc3c2=O)cc1. The second kappa shape index (κ2) is 8.16. The van der Waals surface area contributed by atoms with Crippen LogP contribution in [-0.4, -0.2) is 15.5 Å². The van der Waals surface area contributed by atoms with Crippen LogP contribution in [0.15, 0.2) is 53.3 Å². The molecule has 1 atom stereocenters. The summed E-state index contributed by atoms with van der Waals surface area (Å²) >= 11 is 0. The van der Waals surface area contributed by atoms with Crippen molar-refractivity contribution in [3.05, 3.63) is 64.7 Å². The fourth-order valence-corrected chi connectivity index (χ4v) is 3.15. The molecule has 0 bridgehead atoms. The first-order valence-electron chi connectivity index (χ1n) is 9.41. The average Bonchev–Trinajstić information content (AvgIpc) is 2.67. The van der Waals surface area contributed by atoms with Crippen LogP contribution < -0.4 is 10.9 Å². The highest BCUT2D eigenvalue weighted by atomic mass is 16.2. The van der Waals surface area contributed by atoms with Crippen LogP contribution in [0, 0.1) is 12.8 Å². The number of carbonyl (C=O) groups is 1. The molecule has 0 radical (unpaired) electrons. The number of hydrogen-bond acceptors (Lipinski definition) is 3. The molecule has 0 unspecified atom stereocenters. The summed E-state index contributed by atoms with van der Waals surface area (Å²) in [6.07, 6.45) is 3.02. The zero-order valence-electron chi connectivity index (χ0n) is 16.0. The van der Waals surface area contributed by atoms with Gasteiger partial charge in [-0.15, -0.1) is 0 Å². The standard InChI is InChI=1S/C22H25N3O2/c1-4-5-8-15(2)21(26)24-17-11-13-18(14-12-17)25-16(3)23-20-10-7-6-9-19(20)22(25)27/h6-7,9-15H,4-5,8H2,1-3H3,(H,24,26)/t15-/m0/s1. The van der Waals surface area contributed by atoms with Crippen molar-refractivity contribution in [3.8, 4) is 5.69 Å². The largest absolute Gasteiger partial charge is 0.326 e. The van der Waals surface area contributed by atoms with Gasteiger partial charge in [0, 0.05) is 11.6 Å². The third kappa shape index (κ3) is 4.08. The Morgan fingerprint density at radius 2 is 1.85 bits per heavy atom. The summed E-state index contributed by atoms with van der Waals surface area (Å²) in [6, 6.07) is 14.6. The van der Waals surface area contributed by atoms with Crippen molar-refractivity contribution in [1.29, 1.82) is 0 Å². The van der Waals surface area contributed by atoms with Crippen molar-refractivity contribution >= 4 is 22.5 Å². The van der Waals surface area contributed by atoms with Gasteiger partial charge in [-0.1, -0.05) is 38.8 Å². The minimum absolute atomic E-state index is 0.0146. The van der Waals surface area contributed by atoms with Gasteiger partial charge in [0.25, 0.3) is 5.56 Å². The van der Waals surface area contributed by atoms with Crippen molar-refractivity contribution in [2.24, 2.45) is 5.92 Å². The molecule has 1 heterocycles. The number of carbonyl (C=O) groups excluding carboxylic acids is 1. The second-order valence-electron chi connectivity index (χ2n) is 6.90. The fraction of sp³-hybridized carbons (Fsp3) is 0.318. The topological polar surface area (TPSA) is 64.0 Å². The Bertz CT molecular complexity index is 1010. The summed E-state index contributed by atoms with van der Waals surface area (Å²) in [5.74, 6) is 0.639. The van der Waals surface area contributed by atoms with Gasteiger partial charge < -0.3 is 5.32 Å². The Hall–Kier alpha value is -2.95. The summed E-state index contributed by atoms with van der Waals surface area (Å²) in [4.78, 5) is 29.6. The van der Waals surface area contributed by atoms with Crippen LogP contribution in [0.1, 0.15) is 38.9 Å². The summed E-state index contributed by atoms with van der Waals surface area (Å²) in [6.45, 7) is 5.89. The molecule has 0 fully saturated rings. The maximum atomic E-state index is 12.9. The number of hydrogen-bond donors (Lipinski definition) is 1. The van der Waals surface area contributed by atoms with Crippen LogP contribution in [0.4, 0.5) is 5.69 Å². The number of benzene rings is 2. The highest BCUT2D eigenvalue weighted by molar-refractivity contribution is 5.92. The van der Waals surface area contributed by atoms with E-state index in [4.69, 9.17) is 0 Å². The van der Waals surface area contributed by atoms with Gasteiger partial charge in [-0.25, -0.2) is 4.98 Å². The molecule has 140 valence electrons. The Labute approximate surface area is 159 Å². The summed E-state index contributed by atoms with van der Waals surface area (Å²) in [7, 11) is 0. The molecule has 3 aromatic rings. The van der Waals surface area contributed by atoms with Crippen LogP contribution in [0.5, 0.6) is 0 Å². The van der Waals surface area contributed by atoms with Crippen LogP contribution >= 0.6 is 0 Å². The normalized spacial score (nSPS) is 12.1. The van der Waals surface area contributed by atoms with E-state index < -0.39 is 0 Å². The van der Waals surface area contributed by atoms with Gasteiger partial charge in [0.2, 0.25) is 5.91 Å². The van der Waals surface area contributed by atoms with Gasteiger partial charge in [-0.2, -0.15) is 0 Å². The Morgan fingerprint density at radius 3 is 2.56 bits per heavy atom. The lowest BCUT2D eigenvalue weighted by molar-refractivity contribution is -0.119. The van der Waals surface area contributed by atoms with Crippen LogP contribution in [0.25, 0.3) is 16.6 Å². The second-order valence-corrected chi connectivity index (χ2v) is 6.90. The number of anilines is 1. The van der Waals surface area contributed by atoms with E-state index in [1.165, 1.54) is 0 Å². The molecule has 0 aliphatic rings. The first kappa shape index (κ1) is 18.8. The molecule has 0 aliphatic carbocycles. The van der Waals surface area contributed by atoms with Gasteiger partial charge in [0.1, 0.15) is 5.82 Å². The summed E-state index contributed by atoms with van der Waals surface area (Å²) in [5.41, 5.74) is 2.06. The third-order valence-corrected chi connectivity index (χ3v) is 4.77. The predicted octanol–water partition coefficient (Wildman–Crippen LogP) is 4.46. The number of nitrogens with zero attached hydrogens (tertiary/aromatic N) is 2. The zero-order valence-corrected chi connectivity index (χ0v) is 16.0. The average molecular weight is 363 g/mol. The third-order valence-electron chi connectivity index (χ3n) is 4.77. The zero-order chi connectivity index (χ0) is 19.4. The number of rotatable bonds is 6. The molecule has 1 amide bonds. The monoisotopic (exact) mass is 363 g/mol. The number of nitrogens with one attached hydrogen (secondary N) is 1. The van der Waals surface area contributed by atoms with E-state index in [0.29, 0.717) is 16.7 Å². The molecule has 5 nitrogen and oxygen atoms in total. The lowest BCUT2D eigenvalue weighted by Crippen LogP contribution is -2.22. The van der Waals surface area contributed by atoms with Gasteiger partial charge in [-0.05, 0) is 49.7 Å². The van der Waals surface area contributed by atoms with E-state index in [1.54, 1.807) is 10.6 Å². The first-order valence-corrected chi connectivity index (χ1v) is 9.41. The molecule has 0 spiro atoms. The van der Waals surface area contributed by atoms with Crippen molar-refractivity contribution < 1.29 is 4.79 Å². The Kier molecular flexibility index (Phi) is 5.69. The maximum Gasteiger partial charge on any atom is 0.265 e. The van der Waals surface area contributed by atoms with Crippen molar-refractivity contribution in [2.45, 2.75) is 40.0 Å². The van der Waals surface area contributed by atoms with Crippen molar-refractivity contribution in [2.75, 3.05) is 5.32 Å². The maximum absolute atomic E-state index is 12.9. The number of amides is 1. The highest BCUT2D eigenvalue weighted by Crippen LogP contribution is 2.17. The van der Waals surface area contributed by atoms with Gasteiger partial charge in [-0.3, -0.25) is 14.2 Å². The summed E-state index contributed by atoms with van der Waals surface area (Å²) in [5, 5.41) is 3.53. The minimum Gasteiger partial charge on any atom is -0.326 e. The molecule has 0 saturated carbocycles. The van der Waals surface area contributed by atoms with E-state index in [-0.39, 0.29) is 17.4 Å². The molecule has 0 saturated heterocycles. The first-order chi connectivity index (χ1) is 13.0. The molecule has 5 heteroatoms. The molecule has 27 heavy (non-hydrogen) atoms. The Balaban J connectivity index is 1.85. The molecule has 2 aromatic carbocycles. The lowest BCUT2D eigenvalue weighted by atomic mass is 10.0. The fourth-order valence-electron chi connectivity index (χ4n) is 3.15. The van der Waals surface area contributed by atoms with Crippen LogP contribution in [0.3, 0.4) is 0 Å². The number of fused-ring (bicyclic) bond motifs is 1. The minimum atomic E-state index is -0.0944. The Morgan fingerprint density at radius 1 is 1.15 bits per heavy atom. The number of aryl methyl sites for hydroxylation is 1. The van der Waals surface area contributed by atoms with E-state index in [2.05, 4.69) is 17.2 Å².